The van der Waals surface area contributed by atoms with Gasteiger partial charge in [-0.1, -0.05) is 91.0 Å². The van der Waals surface area contributed by atoms with Crippen molar-refractivity contribution in [2.24, 2.45) is 0 Å². The summed E-state index contributed by atoms with van der Waals surface area (Å²) in [6.45, 7) is 8.51. The minimum atomic E-state index is -4.37. The van der Waals surface area contributed by atoms with Crippen LogP contribution in [0.25, 0.3) is 11.2 Å². The first-order chi connectivity index (χ1) is 29.1. The van der Waals surface area contributed by atoms with Crippen molar-refractivity contribution < 1.29 is 42.1 Å². The fraction of sp³-hybridized carbons (Fsp3) is 0.419. The highest BCUT2D eigenvalue weighted by Crippen LogP contribution is 2.50. The van der Waals surface area contributed by atoms with Crippen LogP contribution in [0.3, 0.4) is 0 Å². The van der Waals surface area contributed by atoms with E-state index in [1.165, 1.54) is 7.11 Å². The number of imidazole rings is 1. The number of ether oxygens (including phenoxy) is 4. The molecule has 3 aliphatic rings. The molecule has 1 unspecified atom stereocenters. The van der Waals surface area contributed by atoms with Crippen molar-refractivity contribution in [1.29, 1.82) is 0 Å². The van der Waals surface area contributed by atoms with Crippen LogP contribution in [0.15, 0.2) is 102 Å². The molecule has 0 spiro atoms. The zero-order valence-electron chi connectivity index (χ0n) is 34.8. The van der Waals surface area contributed by atoms with Crippen LogP contribution < -0.4 is 16.5 Å². The number of nitrogens with one attached hydrogen (secondary N) is 1. The van der Waals surface area contributed by atoms with Crippen LogP contribution in [-0.2, 0) is 42.9 Å². The Morgan fingerprint density at radius 1 is 0.918 bits per heavy atom. The summed E-state index contributed by atoms with van der Waals surface area (Å²) in [5.74, 6) is -1.83. The average Bonchev–Trinajstić information content (AvgIpc) is 3.99. The number of carbonyl (C=O) groups is 2. The second-order valence-corrected chi connectivity index (χ2v) is 18.5. The molecule has 6 atom stereocenters. The van der Waals surface area contributed by atoms with Crippen molar-refractivity contribution in [1.82, 2.24) is 29.1 Å². The monoisotopic (exact) mass is 855 g/mol. The lowest BCUT2D eigenvalue weighted by atomic mass is 9.75. The predicted octanol–water partition coefficient (Wildman–Crippen LogP) is 5.72. The molecule has 0 saturated carbocycles. The molecule has 18 heteroatoms. The number of fused-ring (bicyclic) bond motifs is 2. The van der Waals surface area contributed by atoms with Gasteiger partial charge in [0.2, 0.25) is 5.91 Å². The summed E-state index contributed by atoms with van der Waals surface area (Å²) in [5, 5.41) is 2.62. The zero-order valence-corrected chi connectivity index (χ0v) is 35.7. The maximum atomic E-state index is 14.5. The van der Waals surface area contributed by atoms with E-state index in [4.69, 9.17) is 33.7 Å². The highest BCUT2D eigenvalue weighted by molar-refractivity contribution is 7.52. The Bertz CT molecular complexity index is 2410. The number of nitrogen functional groups attached to an aromatic ring is 1. The smallest absolute Gasteiger partial charge is 0.434 e. The van der Waals surface area contributed by atoms with Gasteiger partial charge in [0.1, 0.15) is 35.8 Å². The number of hydrogen-bond acceptors (Lipinski definition) is 14. The molecule has 17 nitrogen and oxygen atoms in total. The van der Waals surface area contributed by atoms with E-state index in [0.717, 1.165) is 32.2 Å². The van der Waals surface area contributed by atoms with Crippen molar-refractivity contribution in [3.05, 3.63) is 124 Å². The maximum absolute atomic E-state index is 14.5. The van der Waals surface area contributed by atoms with Crippen molar-refractivity contribution in [3.8, 4) is 0 Å². The summed E-state index contributed by atoms with van der Waals surface area (Å²) >= 11 is 0. The van der Waals surface area contributed by atoms with Gasteiger partial charge in [0.25, 0.3) is 0 Å². The fourth-order valence-corrected chi connectivity index (χ4v) is 9.79. The molecule has 3 aliphatic heterocycles. The standard InChI is InChI=1S/C43H50N7O10P/c1-41(2,3)60-40(53)49-32-35(44)45-26-46-36(32)50(39(49)52)38-34-33(58-42(4,5)59-34)31(57-38)25-56-61(54,55-6)47-37(51)30-23-16-24-48(30)43(27-17-10-7-11-18-27,28-19-12-8-13-20-28)29-21-14-9-15-22-29/h7-15,17-22,26,30-31,33-34,38H,16,23-25H2,1-6H3,(H2,44,45,46)(H,47,51,54)/t30-,31+,33+,34+,38+,61?/m0/s1. The Kier molecular flexibility index (Phi) is 11.3. The number of benzene rings is 3. The number of likely N-dealkylation sites (tertiary alicyclic amines) is 1. The van der Waals surface area contributed by atoms with Gasteiger partial charge in [0.05, 0.1) is 18.2 Å². The molecule has 322 valence electrons. The first-order valence-electron chi connectivity index (χ1n) is 20.1. The molecular weight excluding hydrogens is 805 g/mol. The van der Waals surface area contributed by atoms with E-state index in [1.807, 2.05) is 54.6 Å². The molecule has 3 N–H and O–H groups in total. The summed E-state index contributed by atoms with van der Waals surface area (Å²) < 4.78 is 52.2. The van der Waals surface area contributed by atoms with Crippen LogP contribution in [0.1, 0.15) is 70.4 Å². The third kappa shape index (κ3) is 7.80. The summed E-state index contributed by atoms with van der Waals surface area (Å²) in [6, 6.07) is 29.3. The Balaban J connectivity index is 1.08. The minimum Gasteiger partial charge on any atom is -0.443 e. The molecule has 5 aromatic rings. The van der Waals surface area contributed by atoms with Gasteiger partial charge in [-0.05, 0) is 64.2 Å². The van der Waals surface area contributed by atoms with Crippen LogP contribution in [0, 0.1) is 0 Å². The minimum absolute atomic E-state index is 0.0180. The number of hydrogen-bond donors (Lipinski definition) is 2. The number of amides is 1. The van der Waals surface area contributed by atoms with E-state index in [-0.39, 0.29) is 17.0 Å². The molecule has 3 aromatic carbocycles. The van der Waals surface area contributed by atoms with Crippen molar-refractivity contribution in [3.63, 3.8) is 0 Å². The first-order valence-corrected chi connectivity index (χ1v) is 21.6. The van der Waals surface area contributed by atoms with E-state index in [1.54, 1.807) is 34.6 Å². The molecule has 61 heavy (non-hydrogen) atoms. The summed E-state index contributed by atoms with van der Waals surface area (Å²) in [7, 11) is -3.19. The lowest BCUT2D eigenvalue weighted by Gasteiger charge is -2.46. The highest BCUT2D eigenvalue weighted by atomic mass is 31.2. The molecular formula is C43H50N7O10P. The Morgan fingerprint density at radius 3 is 2.05 bits per heavy atom. The zero-order chi connectivity index (χ0) is 43.3. The molecule has 2 aromatic heterocycles. The summed E-state index contributed by atoms with van der Waals surface area (Å²) in [6.07, 6.45) is -2.75. The summed E-state index contributed by atoms with van der Waals surface area (Å²) in [5.41, 5.74) is 6.28. The molecule has 1 amide bonds. The Morgan fingerprint density at radius 2 is 1.49 bits per heavy atom. The van der Waals surface area contributed by atoms with Gasteiger partial charge >= 0.3 is 19.5 Å². The SMILES string of the molecule is COP(=O)(NC(=O)[C@@H]1CCCN1C(c1ccccc1)(c1ccccc1)c1ccccc1)OC[C@H]1O[C@@H](n2c(=O)n(C(=O)OC(C)(C)C)c3c(N)ncnc32)[C@@H]2OC(C)(C)O[C@@H]21. The maximum Gasteiger partial charge on any atom is 0.434 e. The second-order valence-electron chi connectivity index (χ2n) is 16.6. The Hall–Kier alpha value is -5.26. The van der Waals surface area contributed by atoms with E-state index >= 15 is 0 Å². The lowest BCUT2D eigenvalue weighted by Crippen LogP contribution is -2.54. The number of nitrogens with two attached hydrogens (primary N) is 1. The van der Waals surface area contributed by atoms with E-state index < -0.39 is 79.6 Å². The molecule has 0 bridgehead atoms. The largest absolute Gasteiger partial charge is 0.443 e. The van der Waals surface area contributed by atoms with Crippen LogP contribution >= 0.6 is 7.75 Å². The number of rotatable bonds is 11. The molecule has 0 radical (unpaired) electrons. The van der Waals surface area contributed by atoms with Crippen LogP contribution in [0.2, 0.25) is 0 Å². The topological polar surface area (TPSA) is 201 Å². The first kappa shape index (κ1) is 42.4. The van der Waals surface area contributed by atoms with Gasteiger partial charge in [0.15, 0.2) is 23.5 Å². The van der Waals surface area contributed by atoms with Crippen LogP contribution in [0.5, 0.6) is 0 Å². The molecule has 0 aliphatic carbocycles. The van der Waals surface area contributed by atoms with E-state index in [9.17, 15) is 18.9 Å². The quantitative estimate of drug-likeness (QED) is 0.121. The number of anilines is 1. The third-order valence-electron chi connectivity index (χ3n) is 11.1. The number of nitrogens with zero attached hydrogens (tertiary/aromatic N) is 5. The van der Waals surface area contributed by atoms with Gasteiger partial charge < -0.3 is 24.7 Å². The second kappa shape index (κ2) is 16.2. The molecule has 3 fully saturated rings. The van der Waals surface area contributed by atoms with Crippen LogP contribution in [-0.4, -0.2) is 92.0 Å². The van der Waals surface area contributed by atoms with E-state index in [2.05, 4.69) is 56.4 Å². The Labute approximate surface area is 352 Å². The molecule has 3 saturated heterocycles. The normalized spacial score (nSPS) is 23.7. The number of carbonyl (C=O) groups excluding carboxylic acids is 2. The van der Waals surface area contributed by atoms with Gasteiger partial charge in [-0.15, -0.1) is 0 Å². The van der Waals surface area contributed by atoms with Gasteiger partial charge in [-0.3, -0.25) is 23.8 Å². The predicted molar refractivity (Wildman–Crippen MR) is 223 cm³/mol. The molecule has 5 heterocycles. The molecule has 8 rings (SSSR count). The lowest BCUT2D eigenvalue weighted by molar-refractivity contribution is -0.199. The number of aromatic nitrogens is 4. The van der Waals surface area contributed by atoms with Crippen molar-refractivity contribution in [2.75, 3.05) is 26.0 Å². The van der Waals surface area contributed by atoms with Crippen molar-refractivity contribution >= 4 is 36.7 Å². The van der Waals surface area contributed by atoms with Crippen LogP contribution in [0.4, 0.5) is 10.6 Å². The van der Waals surface area contributed by atoms with Gasteiger partial charge in [0, 0.05) is 13.7 Å². The van der Waals surface area contributed by atoms with Gasteiger partial charge in [-0.25, -0.2) is 28.7 Å². The fourth-order valence-electron chi connectivity index (χ4n) is 8.76. The highest BCUT2D eigenvalue weighted by Gasteiger charge is 2.58. The van der Waals surface area contributed by atoms with E-state index in [0.29, 0.717) is 19.4 Å². The summed E-state index contributed by atoms with van der Waals surface area (Å²) in [4.78, 5) is 52.6. The average molecular weight is 856 g/mol. The van der Waals surface area contributed by atoms with Gasteiger partial charge in [-0.2, -0.15) is 4.57 Å². The third-order valence-corrected chi connectivity index (χ3v) is 12.6. The van der Waals surface area contributed by atoms with Crippen molar-refractivity contribution in [2.45, 2.75) is 95.0 Å².